The van der Waals surface area contributed by atoms with Crippen molar-refractivity contribution in [1.82, 2.24) is 9.97 Å². The molecular formula is C22H28N2O4. The summed E-state index contributed by atoms with van der Waals surface area (Å²) in [6.07, 6.45) is 10.4. The van der Waals surface area contributed by atoms with E-state index in [1.807, 2.05) is 12.1 Å². The van der Waals surface area contributed by atoms with Crippen molar-refractivity contribution >= 4 is 5.97 Å². The van der Waals surface area contributed by atoms with Gasteiger partial charge in [0.1, 0.15) is 0 Å². The van der Waals surface area contributed by atoms with Crippen LogP contribution in [0.1, 0.15) is 67.5 Å². The van der Waals surface area contributed by atoms with Crippen molar-refractivity contribution in [3.05, 3.63) is 47.8 Å². The fraction of sp³-hybridized carbons (Fsp3) is 0.500. The van der Waals surface area contributed by atoms with Crippen LogP contribution < -0.4 is 9.47 Å². The number of methoxy groups -OCH3 is 1. The van der Waals surface area contributed by atoms with Crippen LogP contribution in [0.2, 0.25) is 0 Å². The van der Waals surface area contributed by atoms with E-state index in [0.717, 1.165) is 18.6 Å². The highest BCUT2D eigenvalue weighted by Gasteiger charge is 2.23. The second-order valence-electron chi connectivity index (χ2n) is 7.18. The summed E-state index contributed by atoms with van der Waals surface area (Å²) in [5.41, 5.74) is 1.56. The van der Waals surface area contributed by atoms with Gasteiger partial charge in [-0.15, -0.1) is 0 Å². The summed E-state index contributed by atoms with van der Waals surface area (Å²) in [6, 6.07) is 7.40. The van der Waals surface area contributed by atoms with Gasteiger partial charge in [0.2, 0.25) is 0 Å². The van der Waals surface area contributed by atoms with Crippen LogP contribution in [0.4, 0.5) is 0 Å². The van der Waals surface area contributed by atoms with E-state index in [1.54, 1.807) is 12.1 Å². The summed E-state index contributed by atoms with van der Waals surface area (Å²) in [6.45, 7) is 3.06. The summed E-state index contributed by atoms with van der Waals surface area (Å²) in [7, 11) is 1.52. The van der Waals surface area contributed by atoms with Gasteiger partial charge in [0.05, 0.1) is 37.8 Å². The first-order valence-corrected chi connectivity index (χ1v) is 9.99. The molecule has 0 amide bonds. The molecule has 150 valence electrons. The highest BCUT2D eigenvalue weighted by Crippen LogP contribution is 2.32. The Morgan fingerprint density at radius 3 is 2.50 bits per heavy atom. The molecule has 1 aromatic carbocycles. The standard InChI is InChI=1S/C22H28N2O4/c1-3-4-5-6-16-7-12-20(27-15-16)17-8-10-18(11-9-17)21(25)28-22-23-13-19(26-2)14-24-22/h8-11,13-14,16,20H,3-7,12,15H2,1-2H3. The lowest BCUT2D eigenvalue weighted by Crippen LogP contribution is -2.20. The normalized spacial score (nSPS) is 19.2. The molecule has 2 aromatic rings. The summed E-state index contributed by atoms with van der Waals surface area (Å²) < 4.78 is 16.3. The van der Waals surface area contributed by atoms with Gasteiger partial charge in [0.25, 0.3) is 0 Å². The predicted molar refractivity (Wildman–Crippen MR) is 106 cm³/mol. The molecule has 0 saturated carbocycles. The maximum atomic E-state index is 12.3. The first-order valence-electron chi connectivity index (χ1n) is 9.99. The molecule has 2 atom stereocenters. The molecule has 0 radical (unpaired) electrons. The molecule has 28 heavy (non-hydrogen) atoms. The lowest BCUT2D eigenvalue weighted by molar-refractivity contribution is -0.0198. The maximum absolute atomic E-state index is 12.3. The third kappa shape index (κ3) is 5.52. The Morgan fingerprint density at radius 2 is 1.89 bits per heavy atom. The molecular weight excluding hydrogens is 356 g/mol. The number of rotatable bonds is 8. The van der Waals surface area contributed by atoms with Gasteiger partial charge in [-0.2, -0.15) is 9.97 Å². The van der Waals surface area contributed by atoms with Gasteiger partial charge in [0, 0.05) is 0 Å². The van der Waals surface area contributed by atoms with Crippen LogP contribution in [0, 0.1) is 5.92 Å². The molecule has 0 spiro atoms. The predicted octanol–water partition coefficient (Wildman–Crippen LogP) is 4.75. The van der Waals surface area contributed by atoms with Gasteiger partial charge >= 0.3 is 12.0 Å². The van der Waals surface area contributed by atoms with Gasteiger partial charge in [-0.05, 0) is 42.9 Å². The molecule has 1 aliphatic heterocycles. The van der Waals surface area contributed by atoms with Crippen molar-refractivity contribution in [3.63, 3.8) is 0 Å². The number of benzene rings is 1. The Bertz CT molecular complexity index is 738. The molecule has 0 bridgehead atoms. The zero-order valence-corrected chi connectivity index (χ0v) is 16.6. The lowest BCUT2D eigenvalue weighted by Gasteiger charge is -2.29. The molecule has 1 aliphatic rings. The zero-order chi connectivity index (χ0) is 19.8. The van der Waals surface area contributed by atoms with Crippen LogP contribution in [0.25, 0.3) is 0 Å². The van der Waals surface area contributed by atoms with Crippen molar-refractivity contribution in [2.24, 2.45) is 5.92 Å². The van der Waals surface area contributed by atoms with Crippen molar-refractivity contribution in [1.29, 1.82) is 0 Å². The molecule has 2 unspecified atom stereocenters. The average molecular weight is 384 g/mol. The van der Waals surface area contributed by atoms with E-state index in [2.05, 4.69) is 16.9 Å². The SMILES string of the molecule is CCCCCC1CCC(c2ccc(C(=O)Oc3ncc(OC)cn3)cc2)OC1. The number of carbonyl (C=O) groups excluding carboxylic acids is 1. The zero-order valence-electron chi connectivity index (χ0n) is 16.6. The van der Waals surface area contributed by atoms with Gasteiger partial charge < -0.3 is 14.2 Å². The third-order valence-electron chi connectivity index (χ3n) is 5.13. The van der Waals surface area contributed by atoms with Crippen molar-refractivity contribution in [2.75, 3.05) is 13.7 Å². The van der Waals surface area contributed by atoms with Crippen LogP contribution in [-0.2, 0) is 4.74 Å². The largest absolute Gasteiger partial charge is 0.494 e. The summed E-state index contributed by atoms with van der Waals surface area (Å²) in [4.78, 5) is 20.1. The number of hydrogen-bond donors (Lipinski definition) is 0. The monoisotopic (exact) mass is 384 g/mol. The number of ether oxygens (including phenoxy) is 3. The second kappa shape index (κ2) is 10.2. The van der Waals surface area contributed by atoms with Gasteiger partial charge in [-0.1, -0.05) is 38.3 Å². The van der Waals surface area contributed by atoms with E-state index in [-0.39, 0.29) is 12.1 Å². The summed E-state index contributed by atoms with van der Waals surface area (Å²) in [5.74, 6) is 0.697. The number of unbranched alkanes of at least 4 members (excludes halogenated alkanes) is 2. The Labute approximate surface area is 166 Å². The number of nitrogens with zero attached hydrogens (tertiary/aromatic N) is 2. The van der Waals surface area contributed by atoms with Gasteiger partial charge in [0.15, 0.2) is 5.75 Å². The Kier molecular flexibility index (Phi) is 7.37. The van der Waals surface area contributed by atoms with E-state index in [9.17, 15) is 4.79 Å². The highest BCUT2D eigenvalue weighted by atomic mass is 16.5. The van der Waals surface area contributed by atoms with Crippen LogP contribution in [0.5, 0.6) is 11.8 Å². The molecule has 6 nitrogen and oxygen atoms in total. The first kappa shape index (κ1) is 20.3. The van der Waals surface area contributed by atoms with E-state index >= 15 is 0 Å². The topological polar surface area (TPSA) is 70.5 Å². The minimum absolute atomic E-state index is 0.000366. The van der Waals surface area contributed by atoms with Crippen molar-refractivity contribution < 1.29 is 19.0 Å². The minimum Gasteiger partial charge on any atom is -0.494 e. The van der Waals surface area contributed by atoms with E-state index in [4.69, 9.17) is 14.2 Å². The first-order chi connectivity index (χ1) is 13.7. The fourth-order valence-corrected chi connectivity index (χ4v) is 3.42. The molecule has 2 heterocycles. The van der Waals surface area contributed by atoms with Crippen molar-refractivity contribution in [3.8, 4) is 11.8 Å². The summed E-state index contributed by atoms with van der Waals surface area (Å²) in [5, 5.41) is 0. The minimum atomic E-state index is -0.489. The van der Waals surface area contributed by atoms with Crippen LogP contribution >= 0.6 is 0 Å². The number of carbonyl (C=O) groups is 1. The van der Waals surface area contributed by atoms with Gasteiger partial charge in [-0.25, -0.2) is 4.79 Å². The lowest BCUT2D eigenvalue weighted by atomic mass is 9.91. The molecule has 0 aliphatic carbocycles. The Morgan fingerprint density at radius 1 is 1.14 bits per heavy atom. The average Bonchev–Trinajstić information content (AvgIpc) is 2.75. The van der Waals surface area contributed by atoms with Crippen LogP contribution in [0.3, 0.4) is 0 Å². The maximum Gasteiger partial charge on any atom is 0.345 e. The number of esters is 1. The molecule has 6 heteroatoms. The number of hydrogen-bond acceptors (Lipinski definition) is 6. The van der Waals surface area contributed by atoms with Gasteiger partial charge in [-0.3, -0.25) is 0 Å². The molecule has 1 aromatic heterocycles. The van der Waals surface area contributed by atoms with Crippen LogP contribution in [-0.4, -0.2) is 29.7 Å². The van der Waals surface area contributed by atoms with E-state index < -0.39 is 5.97 Å². The molecule has 1 fully saturated rings. The summed E-state index contributed by atoms with van der Waals surface area (Å²) >= 11 is 0. The molecule has 3 rings (SSSR count). The number of aromatic nitrogens is 2. The fourth-order valence-electron chi connectivity index (χ4n) is 3.42. The van der Waals surface area contributed by atoms with E-state index in [0.29, 0.717) is 17.2 Å². The van der Waals surface area contributed by atoms with Crippen molar-refractivity contribution in [2.45, 2.75) is 51.6 Å². The highest BCUT2D eigenvalue weighted by molar-refractivity contribution is 5.90. The Balaban J connectivity index is 1.51. The van der Waals surface area contributed by atoms with Crippen LogP contribution in [0.15, 0.2) is 36.7 Å². The smallest absolute Gasteiger partial charge is 0.345 e. The molecule has 0 N–H and O–H groups in total. The quantitative estimate of drug-likeness (QED) is 0.483. The third-order valence-corrected chi connectivity index (χ3v) is 5.13. The molecule has 1 saturated heterocycles. The second-order valence-corrected chi connectivity index (χ2v) is 7.18. The van der Waals surface area contributed by atoms with E-state index in [1.165, 1.54) is 51.6 Å². The Hall–Kier alpha value is -2.47.